The van der Waals surface area contributed by atoms with Gasteiger partial charge in [0.1, 0.15) is 5.82 Å². The average molecular weight is 191 g/mol. The lowest BCUT2D eigenvalue weighted by atomic mass is 10.1. The van der Waals surface area contributed by atoms with Crippen molar-refractivity contribution in [3.63, 3.8) is 0 Å². The molecule has 3 N–H and O–H groups in total. The van der Waals surface area contributed by atoms with Crippen LogP contribution in [0.25, 0.3) is 0 Å². The number of nitrogen functional groups attached to an aromatic ring is 1. The molecule has 0 bridgehead atoms. The Balaban J connectivity index is 2.03. The maximum Gasteiger partial charge on any atom is 0.128 e. The van der Waals surface area contributed by atoms with Crippen molar-refractivity contribution in [3.8, 4) is 0 Å². The van der Waals surface area contributed by atoms with Gasteiger partial charge in [0, 0.05) is 24.0 Å². The molecule has 0 radical (unpaired) electrons. The highest BCUT2D eigenvalue weighted by molar-refractivity contribution is 5.48. The molecule has 1 saturated carbocycles. The number of anilines is 2. The Hall–Kier alpha value is -1.25. The van der Waals surface area contributed by atoms with Gasteiger partial charge in [0.15, 0.2) is 0 Å². The molecular weight excluding hydrogens is 174 g/mol. The van der Waals surface area contributed by atoms with E-state index in [1.54, 1.807) is 6.20 Å². The maximum absolute atomic E-state index is 5.69. The number of nitrogens with zero attached hydrogens (tertiary/aromatic N) is 1. The van der Waals surface area contributed by atoms with E-state index in [2.05, 4.69) is 17.2 Å². The van der Waals surface area contributed by atoms with Crippen molar-refractivity contribution < 1.29 is 0 Å². The standard InChI is InChI=1S/C11H17N3/c1-8-3-2-4-10(8)14-11-7-9(12)5-6-13-11/h5-8,10H,2-4H2,1H3,(H3,12,13,14). The summed E-state index contributed by atoms with van der Waals surface area (Å²) < 4.78 is 0. The predicted molar refractivity (Wildman–Crippen MR) is 59.1 cm³/mol. The number of hydrogen-bond donors (Lipinski definition) is 2. The molecule has 14 heavy (non-hydrogen) atoms. The third kappa shape index (κ3) is 1.97. The van der Waals surface area contributed by atoms with Crippen LogP contribution in [-0.2, 0) is 0 Å². The zero-order valence-electron chi connectivity index (χ0n) is 8.53. The second-order valence-corrected chi connectivity index (χ2v) is 4.13. The van der Waals surface area contributed by atoms with E-state index in [9.17, 15) is 0 Å². The van der Waals surface area contributed by atoms with Gasteiger partial charge < -0.3 is 11.1 Å². The molecule has 1 aliphatic rings. The topological polar surface area (TPSA) is 50.9 Å². The van der Waals surface area contributed by atoms with E-state index in [1.807, 2.05) is 12.1 Å². The second kappa shape index (κ2) is 3.86. The normalized spacial score (nSPS) is 26.4. The van der Waals surface area contributed by atoms with E-state index < -0.39 is 0 Å². The fourth-order valence-corrected chi connectivity index (χ4v) is 2.08. The van der Waals surface area contributed by atoms with E-state index in [-0.39, 0.29) is 0 Å². The van der Waals surface area contributed by atoms with Crippen LogP contribution in [0.15, 0.2) is 18.3 Å². The lowest BCUT2D eigenvalue weighted by molar-refractivity contribution is 0.555. The monoisotopic (exact) mass is 191 g/mol. The molecule has 0 aromatic carbocycles. The van der Waals surface area contributed by atoms with Crippen molar-refractivity contribution in [2.24, 2.45) is 5.92 Å². The highest BCUT2D eigenvalue weighted by Crippen LogP contribution is 2.27. The molecule has 1 aromatic heterocycles. The van der Waals surface area contributed by atoms with E-state index in [0.717, 1.165) is 17.4 Å². The average Bonchev–Trinajstić information content (AvgIpc) is 2.52. The molecule has 76 valence electrons. The van der Waals surface area contributed by atoms with Crippen molar-refractivity contribution in [1.29, 1.82) is 0 Å². The minimum atomic E-state index is 0.573. The number of pyridine rings is 1. The first kappa shape index (κ1) is 9.31. The summed E-state index contributed by atoms with van der Waals surface area (Å²) in [6.45, 7) is 2.29. The molecule has 1 fully saturated rings. The van der Waals surface area contributed by atoms with Crippen LogP contribution in [0.2, 0.25) is 0 Å². The van der Waals surface area contributed by atoms with Crippen molar-refractivity contribution in [2.75, 3.05) is 11.1 Å². The molecule has 1 aliphatic carbocycles. The molecule has 3 heteroatoms. The Kier molecular flexibility index (Phi) is 2.57. The summed E-state index contributed by atoms with van der Waals surface area (Å²) in [7, 11) is 0. The van der Waals surface area contributed by atoms with E-state index >= 15 is 0 Å². The van der Waals surface area contributed by atoms with Gasteiger partial charge in [-0.1, -0.05) is 13.3 Å². The smallest absolute Gasteiger partial charge is 0.128 e. The van der Waals surface area contributed by atoms with Crippen LogP contribution in [0.3, 0.4) is 0 Å². The first-order chi connectivity index (χ1) is 6.75. The third-order valence-corrected chi connectivity index (χ3v) is 2.98. The van der Waals surface area contributed by atoms with Gasteiger partial charge in [-0.25, -0.2) is 4.98 Å². The van der Waals surface area contributed by atoms with Crippen molar-refractivity contribution in [1.82, 2.24) is 4.98 Å². The predicted octanol–water partition coefficient (Wildman–Crippen LogP) is 2.26. The van der Waals surface area contributed by atoms with Gasteiger partial charge in [0.05, 0.1) is 0 Å². The Labute approximate surface area is 84.7 Å². The highest BCUT2D eigenvalue weighted by atomic mass is 15.0. The first-order valence-electron chi connectivity index (χ1n) is 5.24. The minimum absolute atomic E-state index is 0.573. The summed E-state index contributed by atoms with van der Waals surface area (Å²) in [5.74, 6) is 1.65. The quantitative estimate of drug-likeness (QED) is 0.754. The van der Waals surface area contributed by atoms with Crippen LogP contribution in [0.1, 0.15) is 26.2 Å². The summed E-state index contributed by atoms with van der Waals surface area (Å²) in [5.41, 5.74) is 6.46. The molecule has 0 saturated heterocycles. The van der Waals surface area contributed by atoms with Gasteiger partial charge in [0.2, 0.25) is 0 Å². The molecule has 0 aliphatic heterocycles. The van der Waals surface area contributed by atoms with Gasteiger partial charge >= 0.3 is 0 Å². The van der Waals surface area contributed by atoms with Gasteiger partial charge in [-0.3, -0.25) is 0 Å². The number of rotatable bonds is 2. The SMILES string of the molecule is CC1CCCC1Nc1cc(N)ccn1. The molecule has 2 unspecified atom stereocenters. The maximum atomic E-state index is 5.69. The summed E-state index contributed by atoms with van der Waals surface area (Å²) in [6.07, 6.45) is 5.63. The summed E-state index contributed by atoms with van der Waals surface area (Å²) >= 11 is 0. The van der Waals surface area contributed by atoms with Gasteiger partial charge in [-0.05, 0) is 24.8 Å². The Morgan fingerprint density at radius 2 is 2.36 bits per heavy atom. The van der Waals surface area contributed by atoms with Crippen LogP contribution in [0.4, 0.5) is 11.5 Å². The zero-order valence-corrected chi connectivity index (χ0v) is 8.53. The molecule has 1 aromatic rings. The molecule has 0 spiro atoms. The van der Waals surface area contributed by atoms with Crippen molar-refractivity contribution in [3.05, 3.63) is 18.3 Å². The van der Waals surface area contributed by atoms with Crippen LogP contribution >= 0.6 is 0 Å². The Bertz CT molecular complexity index is 311. The molecule has 2 atom stereocenters. The largest absolute Gasteiger partial charge is 0.399 e. The fraction of sp³-hybridized carbons (Fsp3) is 0.545. The van der Waals surface area contributed by atoms with Gasteiger partial charge in [-0.15, -0.1) is 0 Å². The summed E-state index contributed by atoms with van der Waals surface area (Å²) in [5, 5.41) is 3.44. The fourth-order valence-electron chi connectivity index (χ4n) is 2.08. The van der Waals surface area contributed by atoms with E-state index in [0.29, 0.717) is 6.04 Å². The third-order valence-electron chi connectivity index (χ3n) is 2.98. The van der Waals surface area contributed by atoms with E-state index in [1.165, 1.54) is 19.3 Å². The van der Waals surface area contributed by atoms with Crippen molar-refractivity contribution >= 4 is 11.5 Å². The van der Waals surface area contributed by atoms with Gasteiger partial charge in [0.25, 0.3) is 0 Å². The number of nitrogens with two attached hydrogens (primary N) is 1. The van der Waals surface area contributed by atoms with Crippen LogP contribution in [-0.4, -0.2) is 11.0 Å². The number of nitrogens with one attached hydrogen (secondary N) is 1. The number of hydrogen-bond acceptors (Lipinski definition) is 3. The second-order valence-electron chi connectivity index (χ2n) is 4.13. The lowest BCUT2D eigenvalue weighted by Gasteiger charge is -2.17. The molecule has 0 amide bonds. The zero-order chi connectivity index (χ0) is 9.97. The summed E-state index contributed by atoms with van der Waals surface area (Å²) in [4.78, 5) is 4.25. The molecule has 3 nitrogen and oxygen atoms in total. The van der Waals surface area contributed by atoms with Crippen molar-refractivity contribution in [2.45, 2.75) is 32.2 Å². The molecular formula is C11H17N3. The lowest BCUT2D eigenvalue weighted by Crippen LogP contribution is -2.22. The number of aromatic nitrogens is 1. The Morgan fingerprint density at radius 1 is 1.50 bits per heavy atom. The van der Waals surface area contributed by atoms with Gasteiger partial charge in [-0.2, -0.15) is 0 Å². The van der Waals surface area contributed by atoms with Crippen LogP contribution < -0.4 is 11.1 Å². The van der Waals surface area contributed by atoms with E-state index in [4.69, 9.17) is 5.73 Å². The van der Waals surface area contributed by atoms with Crippen LogP contribution in [0, 0.1) is 5.92 Å². The summed E-state index contributed by atoms with van der Waals surface area (Å²) in [6, 6.07) is 4.28. The first-order valence-corrected chi connectivity index (χ1v) is 5.24. The molecule has 1 heterocycles. The van der Waals surface area contributed by atoms with Crippen LogP contribution in [0.5, 0.6) is 0 Å². The Morgan fingerprint density at radius 3 is 3.00 bits per heavy atom. The minimum Gasteiger partial charge on any atom is -0.399 e. The molecule has 2 rings (SSSR count). The highest BCUT2D eigenvalue weighted by Gasteiger charge is 2.23.